The number of methoxy groups -OCH3 is 1. The number of carboxylic acids is 1. The summed E-state index contributed by atoms with van der Waals surface area (Å²) in [7, 11) is 1.56. The average Bonchev–Trinajstić information content (AvgIpc) is 3.20. The molecule has 6 nitrogen and oxygen atoms in total. The van der Waals surface area contributed by atoms with E-state index in [0.717, 1.165) is 16.7 Å². The molecular weight excluding hydrogens is 478 g/mol. The summed E-state index contributed by atoms with van der Waals surface area (Å²) in [4.78, 5) is 26.4. The molecule has 188 valence electrons. The van der Waals surface area contributed by atoms with Gasteiger partial charge in [-0.15, -0.1) is 0 Å². The van der Waals surface area contributed by atoms with Gasteiger partial charge in [0.15, 0.2) is 11.5 Å². The van der Waals surface area contributed by atoms with E-state index in [0.29, 0.717) is 47.9 Å². The predicted octanol–water partition coefficient (Wildman–Crippen LogP) is 5.44. The number of amides is 1. The third-order valence-corrected chi connectivity index (χ3v) is 6.65. The van der Waals surface area contributed by atoms with E-state index in [1.54, 1.807) is 18.1 Å². The van der Waals surface area contributed by atoms with Gasteiger partial charge >= 0.3 is 5.97 Å². The quantitative estimate of drug-likeness (QED) is 0.395. The molecule has 1 heterocycles. The van der Waals surface area contributed by atoms with Crippen LogP contribution >= 0.6 is 11.6 Å². The minimum absolute atomic E-state index is 0.120. The van der Waals surface area contributed by atoms with E-state index >= 15 is 0 Å². The lowest BCUT2D eigenvalue weighted by molar-refractivity contribution is -0.137. The van der Waals surface area contributed by atoms with E-state index in [9.17, 15) is 14.7 Å². The van der Waals surface area contributed by atoms with Gasteiger partial charge in [-0.2, -0.15) is 0 Å². The van der Waals surface area contributed by atoms with E-state index in [1.807, 2.05) is 67.6 Å². The van der Waals surface area contributed by atoms with Crippen LogP contribution < -0.4 is 9.47 Å². The molecule has 0 aliphatic carbocycles. The van der Waals surface area contributed by atoms with Crippen LogP contribution in [0.4, 0.5) is 0 Å². The van der Waals surface area contributed by atoms with Crippen molar-refractivity contribution in [1.82, 2.24) is 4.90 Å². The number of nitrogens with zero attached hydrogens (tertiary/aromatic N) is 1. The Hall–Kier alpha value is -3.51. The SMILES string of the molecule is COc1cc(C(=O)N(CCC(=O)O)CCc2ccccc2)cc2c1O[C@](C)(Cc1ccc(Cl)cc1)C2. The summed E-state index contributed by atoms with van der Waals surface area (Å²) in [6.45, 7) is 2.59. The summed E-state index contributed by atoms with van der Waals surface area (Å²) >= 11 is 6.03. The average molecular weight is 508 g/mol. The van der Waals surface area contributed by atoms with Crippen molar-refractivity contribution in [2.24, 2.45) is 0 Å². The highest BCUT2D eigenvalue weighted by atomic mass is 35.5. The number of benzene rings is 3. The number of fused-ring (bicyclic) bond motifs is 1. The zero-order chi connectivity index (χ0) is 25.7. The van der Waals surface area contributed by atoms with Crippen LogP contribution in [-0.2, 0) is 24.1 Å². The normalized spacial score (nSPS) is 16.2. The van der Waals surface area contributed by atoms with Crippen molar-refractivity contribution < 1.29 is 24.2 Å². The first-order valence-corrected chi connectivity index (χ1v) is 12.3. The van der Waals surface area contributed by atoms with Gasteiger partial charge in [0, 0.05) is 42.1 Å². The first-order chi connectivity index (χ1) is 17.3. The molecular formula is C29H30ClNO5. The molecule has 36 heavy (non-hydrogen) atoms. The molecule has 1 atom stereocenters. The summed E-state index contributed by atoms with van der Waals surface area (Å²) < 4.78 is 12.0. The molecule has 0 unspecified atom stereocenters. The highest BCUT2D eigenvalue weighted by Crippen LogP contribution is 2.44. The molecule has 0 bridgehead atoms. The Bertz CT molecular complexity index is 1230. The molecule has 7 heteroatoms. The van der Waals surface area contributed by atoms with E-state index in [1.165, 1.54) is 0 Å². The fraction of sp³-hybridized carbons (Fsp3) is 0.310. The zero-order valence-corrected chi connectivity index (χ0v) is 21.3. The molecule has 0 saturated heterocycles. The maximum Gasteiger partial charge on any atom is 0.305 e. The van der Waals surface area contributed by atoms with E-state index in [4.69, 9.17) is 21.1 Å². The highest BCUT2D eigenvalue weighted by Gasteiger charge is 2.38. The third-order valence-electron chi connectivity index (χ3n) is 6.40. The monoisotopic (exact) mass is 507 g/mol. The molecule has 1 aliphatic rings. The van der Waals surface area contributed by atoms with Gasteiger partial charge in [-0.3, -0.25) is 9.59 Å². The molecule has 0 radical (unpaired) electrons. The Morgan fingerprint density at radius 2 is 1.78 bits per heavy atom. The van der Waals surface area contributed by atoms with Gasteiger partial charge in [-0.1, -0.05) is 54.1 Å². The van der Waals surface area contributed by atoms with Gasteiger partial charge < -0.3 is 19.5 Å². The Morgan fingerprint density at radius 1 is 1.06 bits per heavy atom. The van der Waals surface area contributed by atoms with Crippen LogP contribution in [0.15, 0.2) is 66.7 Å². The lowest BCUT2D eigenvalue weighted by atomic mass is 9.91. The first kappa shape index (κ1) is 25.6. The number of rotatable bonds is 10. The second-order valence-electron chi connectivity index (χ2n) is 9.37. The van der Waals surface area contributed by atoms with Gasteiger partial charge in [0.05, 0.1) is 13.5 Å². The smallest absolute Gasteiger partial charge is 0.305 e. The number of aliphatic carboxylic acids is 1. The van der Waals surface area contributed by atoms with Crippen LogP contribution in [0, 0.1) is 0 Å². The lowest BCUT2D eigenvalue weighted by Gasteiger charge is -2.24. The number of ether oxygens (including phenoxy) is 2. The van der Waals surface area contributed by atoms with Crippen molar-refractivity contribution in [3.63, 3.8) is 0 Å². The summed E-state index contributed by atoms with van der Waals surface area (Å²) in [6.07, 6.45) is 1.80. The molecule has 4 rings (SSSR count). The lowest BCUT2D eigenvalue weighted by Crippen LogP contribution is -2.35. The number of halogens is 1. The zero-order valence-electron chi connectivity index (χ0n) is 20.5. The van der Waals surface area contributed by atoms with Gasteiger partial charge in [0.1, 0.15) is 5.60 Å². The topological polar surface area (TPSA) is 76.1 Å². The maximum absolute atomic E-state index is 13.6. The van der Waals surface area contributed by atoms with Crippen molar-refractivity contribution in [2.75, 3.05) is 20.2 Å². The molecule has 0 saturated carbocycles. The van der Waals surface area contributed by atoms with Crippen molar-refractivity contribution >= 4 is 23.5 Å². The maximum atomic E-state index is 13.6. The molecule has 1 N–H and O–H groups in total. The molecule has 3 aromatic carbocycles. The molecule has 0 fully saturated rings. The molecule has 1 amide bonds. The summed E-state index contributed by atoms with van der Waals surface area (Å²) in [5.41, 5.74) is 3.05. The number of hydrogen-bond donors (Lipinski definition) is 1. The van der Waals surface area contributed by atoms with E-state index in [2.05, 4.69) is 0 Å². The van der Waals surface area contributed by atoms with Crippen molar-refractivity contribution in [3.05, 3.63) is 94.0 Å². The van der Waals surface area contributed by atoms with Gasteiger partial charge in [0.25, 0.3) is 5.91 Å². The van der Waals surface area contributed by atoms with E-state index < -0.39 is 11.6 Å². The van der Waals surface area contributed by atoms with Crippen LogP contribution in [0.5, 0.6) is 11.5 Å². The Balaban J connectivity index is 1.56. The summed E-state index contributed by atoms with van der Waals surface area (Å²) in [6, 6.07) is 21.1. The number of carbonyl (C=O) groups is 2. The number of hydrogen-bond acceptors (Lipinski definition) is 4. The fourth-order valence-corrected chi connectivity index (χ4v) is 4.76. The van der Waals surface area contributed by atoms with Crippen molar-refractivity contribution in [1.29, 1.82) is 0 Å². The van der Waals surface area contributed by atoms with Gasteiger partial charge in [-0.25, -0.2) is 0 Å². The Kier molecular flexibility index (Phi) is 7.85. The fourth-order valence-electron chi connectivity index (χ4n) is 4.64. The van der Waals surface area contributed by atoms with Gasteiger partial charge in [0.2, 0.25) is 0 Å². The van der Waals surface area contributed by atoms with Crippen LogP contribution in [0.2, 0.25) is 5.02 Å². The number of carbonyl (C=O) groups excluding carboxylic acids is 1. The standard InChI is InChI=1S/C29H30ClNO5/c1-29(18-21-8-10-24(30)11-9-21)19-23-16-22(17-25(35-2)27(23)36-29)28(34)31(15-13-26(32)33)14-12-20-6-4-3-5-7-20/h3-11,16-17H,12-15,18-19H2,1-2H3,(H,32,33)/t29-/m1/s1. The highest BCUT2D eigenvalue weighted by molar-refractivity contribution is 6.30. The molecule has 0 spiro atoms. The second-order valence-corrected chi connectivity index (χ2v) is 9.81. The largest absolute Gasteiger partial charge is 0.493 e. The molecule has 0 aromatic heterocycles. The van der Waals surface area contributed by atoms with Crippen molar-refractivity contribution in [2.45, 2.75) is 38.2 Å². The van der Waals surface area contributed by atoms with Crippen LogP contribution in [-0.4, -0.2) is 47.7 Å². The molecule has 3 aromatic rings. The summed E-state index contributed by atoms with van der Waals surface area (Å²) in [5, 5.41) is 9.91. The van der Waals surface area contributed by atoms with Gasteiger partial charge in [-0.05, 0) is 48.7 Å². The second kappa shape index (κ2) is 11.0. The minimum atomic E-state index is -0.939. The number of carboxylic acid groups (broad SMARTS) is 1. The first-order valence-electron chi connectivity index (χ1n) is 12.0. The van der Waals surface area contributed by atoms with Crippen LogP contribution in [0.1, 0.15) is 40.4 Å². The Labute approximate surface area is 216 Å². The van der Waals surface area contributed by atoms with Crippen LogP contribution in [0.25, 0.3) is 0 Å². The molecule has 1 aliphatic heterocycles. The van der Waals surface area contributed by atoms with Crippen LogP contribution in [0.3, 0.4) is 0 Å². The Morgan fingerprint density at radius 3 is 2.44 bits per heavy atom. The summed E-state index contributed by atoms with van der Waals surface area (Å²) in [5.74, 6) is -0.0196. The van der Waals surface area contributed by atoms with E-state index in [-0.39, 0.29) is 18.9 Å². The van der Waals surface area contributed by atoms with Crippen molar-refractivity contribution in [3.8, 4) is 11.5 Å². The third kappa shape index (κ3) is 6.18. The predicted molar refractivity (Wildman–Crippen MR) is 139 cm³/mol. The minimum Gasteiger partial charge on any atom is -0.493 e.